The monoisotopic (exact) mass is 283 g/mol. The fourth-order valence-corrected chi connectivity index (χ4v) is 3.76. The van der Waals surface area contributed by atoms with Crippen molar-refractivity contribution < 1.29 is 9.90 Å². The lowest BCUT2D eigenvalue weighted by molar-refractivity contribution is -0.145. The van der Waals surface area contributed by atoms with Crippen LogP contribution in [0.4, 0.5) is 0 Å². The van der Waals surface area contributed by atoms with Crippen LogP contribution in [-0.2, 0) is 4.79 Å². The Morgan fingerprint density at radius 3 is 2.55 bits per heavy atom. The van der Waals surface area contributed by atoms with Gasteiger partial charge in [0.2, 0.25) is 0 Å². The van der Waals surface area contributed by atoms with Gasteiger partial charge in [0.1, 0.15) is 5.54 Å². The van der Waals surface area contributed by atoms with Crippen molar-refractivity contribution in [3.8, 4) is 0 Å². The SMILES string of the molecule is CCN1CCC(N(C)C2CCCC(N)(C(=O)O)C2)CC1. The van der Waals surface area contributed by atoms with Gasteiger partial charge in [-0.15, -0.1) is 0 Å². The first-order valence-corrected chi connectivity index (χ1v) is 7.93. The highest BCUT2D eigenvalue weighted by Crippen LogP contribution is 2.31. The number of hydrogen-bond acceptors (Lipinski definition) is 4. The number of nitrogens with two attached hydrogens (primary N) is 1. The molecule has 2 unspecified atom stereocenters. The van der Waals surface area contributed by atoms with E-state index in [4.69, 9.17) is 5.73 Å². The van der Waals surface area contributed by atoms with Crippen LogP contribution in [-0.4, -0.2) is 65.2 Å². The van der Waals surface area contributed by atoms with Crippen LogP contribution in [0.1, 0.15) is 45.4 Å². The van der Waals surface area contributed by atoms with Gasteiger partial charge in [0.15, 0.2) is 0 Å². The molecule has 0 amide bonds. The third kappa shape index (κ3) is 3.32. The number of carboxylic acids is 1. The van der Waals surface area contributed by atoms with Gasteiger partial charge in [-0.2, -0.15) is 0 Å². The molecule has 0 aromatic carbocycles. The molecule has 1 aliphatic heterocycles. The normalized spacial score (nSPS) is 33.5. The Bertz CT molecular complexity index is 342. The molecule has 1 saturated heterocycles. The van der Waals surface area contributed by atoms with Gasteiger partial charge in [-0.05, 0) is 65.2 Å². The molecule has 3 N–H and O–H groups in total. The van der Waals surface area contributed by atoms with Gasteiger partial charge in [0.05, 0.1) is 0 Å². The molecule has 116 valence electrons. The average Bonchev–Trinajstić information content (AvgIpc) is 2.46. The van der Waals surface area contributed by atoms with Crippen LogP contribution in [0, 0.1) is 0 Å². The van der Waals surface area contributed by atoms with Gasteiger partial charge < -0.3 is 20.6 Å². The molecule has 2 fully saturated rings. The lowest BCUT2D eigenvalue weighted by Crippen LogP contribution is -2.57. The molecule has 0 aromatic heterocycles. The zero-order valence-electron chi connectivity index (χ0n) is 12.8. The van der Waals surface area contributed by atoms with E-state index in [0.717, 1.165) is 32.5 Å². The van der Waals surface area contributed by atoms with E-state index in [2.05, 4.69) is 23.8 Å². The molecule has 2 atom stereocenters. The first-order valence-electron chi connectivity index (χ1n) is 7.93. The molecule has 2 aliphatic rings. The van der Waals surface area contributed by atoms with Crippen molar-refractivity contribution in [1.82, 2.24) is 9.80 Å². The maximum Gasteiger partial charge on any atom is 0.323 e. The highest BCUT2D eigenvalue weighted by Gasteiger charge is 2.41. The second kappa shape index (κ2) is 6.41. The molecule has 2 rings (SSSR count). The van der Waals surface area contributed by atoms with Crippen LogP contribution in [0.3, 0.4) is 0 Å². The second-order valence-electron chi connectivity index (χ2n) is 6.54. The molecule has 5 heteroatoms. The quantitative estimate of drug-likeness (QED) is 0.809. The van der Waals surface area contributed by atoms with Gasteiger partial charge >= 0.3 is 5.97 Å². The Morgan fingerprint density at radius 1 is 1.35 bits per heavy atom. The average molecular weight is 283 g/mol. The van der Waals surface area contributed by atoms with Gasteiger partial charge in [-0.3, -0.25) is 4.79 Å². The lowest BCUT2D eigenvalue weighted by Gasteiger charge is -2.44. The van der Waals surface area contributed by atoms with Crippen LogP contribution in [0.25, 0.3) is 0 Å². The first-order chi connectivity index (χ1) is 9.46. The summed E-state index contributed by atoms with van der Waals surface area (Å²) in [6.07, 6.45) is 5.58. The molecule has 0 spiro atoms. The fraction of sp³-hybridized carbons (Fsp3) is 0.933. The van der Waals surface area contributed by atoms with Gasteiger partial charge in [-0.1, -0.05) is 6.92 Å². The molecule has 0 radical (unpaired) electrons. The van der Waals surface area contributed by atoms with Gasteiger partial charge in [0.25, 0.3) is 0 Å². The molecule has 1 aliphatic carbocycles. The molecular formula is C15H29N3O2. The number of nitrogens with zero attached hydrogens (tertiary/aromatic N) is 2. The summed E-state index contributed by atoms with van der Waals surface area (Å²) in [7, 11) is 2.16. The Labute approximate surface area is 122 Å². The summed E-state index contributed by atoms with van der Waals surface area (Å²) in [6, 6.07) is 0.905. The number of piperidine rings is 1. The van der Waals surface area contributed by atoms with Gasteiger partial charge in [0, 0.05) is 12.1 Å². The molecule has 20 heavy (non-hydrogen) atoms. The standard InChI is InChI=1S/C15H29N3O2/c1-3-18-9-6-12(7-10-18)17(2)13-5-4-8-15(16,11-13)14(19)20/h12-13H,3-11,16H2,1-2H3,(H,19,20). The van der Waals surface area contributed by atoms with E-state index >= 15 is 0 Å². The second-order valence-corrected chi connectivity index (χ2v) is 6.54. The third-order valence-corrected chi connectivity index (χ3v) is 5.34. The maximum absolute atomic E-state index is 11.4. The predicted octanol–water partition coefficient (Wildman–Crippen LogP) is 1.13. The van der Waals surface area contributed by atoms with E-state index in [1.807, 2.05) is 0 Å². The van der Waals surface area contributed by atoms with Crippen molar-refractivity contribution in [1.29, 1.82) is 0 Å². The number of carboxylic acid groups (broad SMARTS) is 1. The van der Waals surface area contributed by atoms with E-state index in [-0.39, 0.29) is 0 Å². The summed E-state index contributed by atoms with van der Waals surface area (Å²) in [4.78, 5) is 16.2. The Hall–Kier alpha value is -0.650. The minimum Gasteiger partial charge on any atom is -0.480 e. The van der Waals surface area contributed by atoms with E-state index in [9.17, 15) is 9.90 Å². The van der Waals surface area contributed by atoms with E-state index in [0.29, 0.717) is 24.9 Å². The summed E-state index contributed by atoms with van der Waals surface area (Å²) in [5, 5.41) is 9.32. The van der Waals surface area contributed by atoms with Crippen LogP contribution >= 0.6 is 0 Å². The number of carbonyl (C=O) groups is 1. The Morgan fingerprint density at radius 2 is 2.00 bits per heavy atom. The smallest absolute Gasteiger partial charge is 0.323 e. The van der Waals surface area contributed by atoms with E-state index in [1.165, 1.54) is 12.8 Å². The van der Waals surface area contributed by atoms with Crippen molar-refractivity contribution >= 4 is 5.97 Å². The molecule has 1 saturated carbocycles. The third-order valence-electron chi connectivity index (χ3n) is 5.34. The van der Waals surface area contributed by atoms with Crippen molar-refractivity contribution in [3.63, 3.8) is 0 Å². The zero-order valence-corrected chi connectivity index (χ0v) is 12.8. The fourth-order valence-electron chi connectivity index (χ4n) is 3.76. The summed E-state index contributed by atoms with van der Waals surface area (Å²) < 4.78 is 0. The molecule has 0 aromatic rings. The largest absolute Gasteiger partial charge is 0.480 e. The first kappa shape index (κ1) is 15.7. The maximum atomic E-state index is 11.4. The number of hydrogen-bond donors (Lipinski definition) is 2. The molecular weight excluding hydrogens is 254 g/mol. The highest BCUT2D eigenvalue weighted by atomic mass is 16.4. The van der Waals surface area contributed by atoms with Crippen LogP contribution in [0.15, 0.2) is 0 Å². The van der Waals surface area contributed by atoms with Crippen LogP contribution < -0.4 is 5.73 Å². The predicted molar refractivity (Wildman–Crippen MR) is 79.7 cm³/mol. The van der Waals surface area contributed by atoms with Crippen LogP contribution in [0.2, 0.25) is 0 Å². The molecule has 1 heterocycles. The van der Waals surface area contributed by atoms with Crippen molar-refractivity contribution in [2.75, 3.05) is 26.7 Å². The van der Waals surface area contributed by atoms with E-state index in [1.54, 1.807) is 0 Å². The molecule has 5 nitrogen and oxygen atoms in total. The van der Waals surface area contributed by atoms with Crippen molar-refractivity contribution in [2.24, 2.45) is 5.73 Å². The minimum atomic E-state index is -1.01. The van der Waals surface area contributed by atoms with Crippen LogP contribution in [0.5, 0.6) is 0 Å². The van der Waals surface area contributed by atoms with Crippen molar-refractivity contribution in [3.05, 3.63) is 0 Å². The number of rotatable bonds is 4. The summed E-state index contributed by atoms with van der Waals surface area (Å²) >= 11 is 0. The zero-order chi connectivity index (χ0) is 14.8. The Kier molecular flexibility index (Phi) is 5.04. The summed E-state index contributed by atoms with van der Waals surface area (Å²) in [5.41, 5.74) is 5.06. The minimum absolute atomic E-state index is 0.322. The summed E-state index contributed by atoms with van der Waals surface area (Å²) in [6.45, 7) is 5.65. The van der Waals surface area contributed by atoms with E-state index < -0.39 is 11.5 Å². The molecule has 0 bridgehead atoms. The summed E-state index contributed by atoms with van der Waals surface area (Å²) in [5.74, 6) is -0.837. The van der Waals surface area contributed by atoms with Gasteiger partial charge in [-0.25, -0.2) is 0 Å². The number of aliphatic carboxylic acids is 1. The van der Waals surface area contributed by atoms with Crippen molar-refractivity contribution in [2.45, 2.75) is 63.1 Å². The lowest BCUT2D eigenvalue weighted by atomic mass is 9.78. The topological polar surface area (TPSA) is 69.8 Å². The highest BCUT2D eigenvalue weighted by molar-refractivity contribution is 5.78. The number of likely N-dealkylation sites (tertiary alicyclic amines) is 1. The Balaban J connectivity index is 1.92.